The molecule has 7 atom stereocenters. The highest BCUT2D eigenvalue weighted by molar-refractivity contribution is 5.76. The van der Waals surface area contributed by atoms with Gasteiger partial charge in [-0.2, -0.15) is 0 Å². The summed E-state index contributed by atoms with van der Waals surface area (Å²) in [6.45, 7) is 3.71. The Kier molecular flexibility index (Phi) is 49.7. The van der Waals surface area contributed by atoms with E-state index in [9.17, 15) is 30.3 Å². The molecule has 0 spiro atoms. The number of rotatable bonds is 54. The lowest BCUT2D eigenvalue weighted by Crippen LogP contribution is -2.60. The van der Waals surface area contributed by atoms with Gasteiger partial charge in [0.15, 0.2) is 6.29 Å². The number of ether oxygens (including phenoxy) is 2. The first kappa shape index (κ1) is 67.7. The topological polar surface area (TPSA) is 149 Å². The molecule has 1 heterocycles. The molecule has 6 N–H and O–H groups in total. The largest absolute Gasteiger partial charge is 0.394 e. The summed E-state index contributed by atoms with van der Waals surface area (Å²) in [5.41, 5.74) is 0. The van der Waals surface area contributed by atoms with Crippen LogP contribution in [0.25, 0.3) is 0 Å². The number of allylic oxidation sites excluding steroid dienone is 3. The maximum absolute atomic E-state index is 13.0. The Morgan fingerprint density at radius 3 is 1.17 bits per heavy atom. The van der Waals surface area contributed by atoms with Gasteiger partial charge in [0.25, 0.3) is 0 Å². The monoisotopic (exact) mass is 1010 g/mol. The zero-order valence-corrected chi connectivity index (χ0v) is 46.8. The van der Waals surface area contributed by atoms with Crippen LogP contribution in [0.3, 0.4) is 0 Å². The highest BCUT2D eigenvalue weighted by Gasteiger charge is 2.44. The minimum atomic E-state index is -1.57. The standard InChI is InChI=1S/C62H119NO8/c1-3-5-7-9-11-13-14-15-16-17-18-19-20-21-22-23-24-25-26-27-28-29-30-31-32-33-34-35-36-37-38-39-40-41-42-43-44-46-48-50-52-58(66)63-55(56(65)51-49-47-45-12-10-8-6-4-2)54-70-62-61(69)60(68)59(67)57(53-64)71-62/h10,12,49,51,55-57,59-62,64-65,67-69H,3-9,11,13-48,50,52-54H2,1-2H3,(H,63,66)/b12-10+,51-49+. The third-order valence-corrected chi connectivity index (χ3v) is 15.0. The Morgan fingerprint density at radius 2 is 0.803 bits per heavy atom. The van der Waals surface area contributed by atoms with E-state index in [1.54, 1.807) is 6.08 Å². The number of carbonyl (C=O) groups is 1. The van der Waals surface area contributed by atoms with Gasteiger partial charge in [-0.15, -0.1) is 0 Å². The van der Waals surface area contributed by atoms with Crippen LogP contribution in [0.5, 0.6) is 0 Å². The van der Waals surface area contributed by atoms with E-state index in [-0.39, 0.29) is 12.5 Å². The van der Waals surface area contributed by atoms with E-state index in [4.69, 9.17) is 9.47 Å². The van der Waals surface area contributed by atoms with Crippen LogP contribution in [0.15, 0.2) is 24.3 Å². The van der Waals surface area contributed by atoms with Crippen molar-refractivity contribution in [2.24, 2.45) is 0 Å². The third-order valence-electron chi connectivity index (χ3n) is 15.0. The van der Waals surface area contributed by atoms with Crippen molar-refractivity contribution in [3.63, 3.8) is 0 Å². The molecule has 0 aromatic carbocycles. The number of nitrogens with one attached hydrogen (secondary N) is 1. The van der Waals surface area contributed by atoms with E-state index < -0.39 is 49.5 Å². The van der Waals surface area contributed by atoms with Crippen molar-refractivity contribution < 1.29 is 39.8 Å². The highest BCUT2D eigenvalue weighted by atomic mass is 16.7. The molecule has 1 rings (SSSR count). The molecule has 1 aliphatic rings. The van der Waals surface area contributed by atoms with Gasteiger partial charge in [-0.1, -0.05) is 301 Å². The molecule has 0 radical (unpaired) electrons. The van der Waals surface area contributed by atoms with Gasteiger partial charge in [-0.25, -0.2) is 0 Å². The summed E-state index contributed by atoms with van der Waals surface area (Å²) in [6, 6.07) is -0.816. The molecule has 0 saturated carbocycles. The van der Waals surface area contributed by atoms with Crippen molar-refractivity contribution in [2.45, 2.75) is 352 Å². The number of hydrogen-bond donors (Lipinski definition) is 6. The molecule has 9 nitrogen and oxygen atoms in total. The molecule has 0 bridgehead atoms. The Bertz CT molecular complexity index is 1170. The van der Waals surface area contributed by atoms with Crippen LogP contribution in [-0.4, -0.2) is 87.5 Å². The molecule has 0 aromatic heterocycles. The van der Waals surface area contributed by atoms with Crippen LogP contribution >= 0.6 is 0 Å². The van der Waals surface area contributed by atoms with Crippen molar-refractivity contribution in [3.05, 3.63) is 24.3 Å². The predicted molar refractivity (Wildman–Crippen MR) is 300 cm³/mol. The zero-order valence-electron chi connectivity index (χ0n) is 46.8. The van der Waals surface area contributed by atoms with E-state index >= 15 is 0 Å². The number of hydrogen-bond acceptors (Lipinski definition) is 8. The molecule has 9 heteroatoms. The van der Waals surface area contributed by atoms with E-state index in [1.807, 2.05) is 6.08 Å². The number of aliphatic hydroxyl groups excluding tert-OH is 5. The fourth-order valence-corrected chi connectivity index (χ4v) is 10.1. The van der Waals surface area contributed by atoms with Crippen molar-refractivity contribution >= 4 is 5.91 Å². The highest BCUT2D eigenvalue weighted by Crippen LogP contribution is 2.23. The molecule has 0 aromatic rings. The first-order valence-corrected chi connectivity index (χ1v) is 31.1. The van der Waals surface area contributed by atoms with Crippen LogP contribution in [0, 0.1) is 0 Å². The van der Waals surface area contributed by atoms with E-state index in [2.05, 4.69) is 31.3 Å². The van der Waals surface area contributed by atoms with Gasteiger partial charge in [-0.3, -0.25) is 4.79 Å². The van der Waals surface area contributed by atoms with Crippen LogP contribution < -0.4 is 5.32 Å². The van der Waals surface area contributed by atoms with Crippen LogP contribution in [-0.2, 0) is 14.3 Å². The molecule has 1 amide bonds. The number of unbranched alkanes of at least 4 members (excludes halogenated alkanes) is 42. The lowest BCUT2D eigenvalue weighted by Gasteiger charge is -2.40. The predicted octanol–water partition coefficient (Wildman–Crippen LogP) is 15.7. The lowest BCUT2D eigenvalue weighted by atomic mass is 9.99. The fourth-order valence-electron chi connectivity index (χ4n) is 10.1. The van der Waals surface area contributed by atoms with E-state index in [0.29, 0.717) is 6.42 Å². The SMILES string of the molecule is CCCC/C=C/CC/C=C/C(O)C(COC1OC(CO)C(O)C(O)C1O)NC(=O)CCCCCCCCCCCCCCCCCCCCCCCCCCCCCCCCCCCCCCCCCC. The molecule has 420 valence electrons. The lowest BCUT2D eigenvalue weighted by molar-refractivity contribution is -0.302. The van der Waals surface area contributed by atoms with Gasteiger partial charge in [0.05, 0.1) is 25.4 Å². The maximum Gasteiger partial charge on any atom is 0.220 e. The average Bonchev–Trinajstić information content (AvgIpc) is 3.37. The zero-order chi connectivity index (χ0) is 51.5. The Hall–Kier alpha value is -1.33. The Labute approximate surface area is 439 Å². The van der Waals surface area contributed by atoms with Crippen LogP contribution in [0.2, 0.25) is 0 Å². The van der Waals surface area contributed by atoms with Crippen LogP contribution in [0.1, 0.15) is 309 Å². The summed E-state index contributed by atoms with van der Waals surface area (Å²) in [5, 5.41) is 54.1. The minimum Gasteiger partial charge on any atom is -0.394 e. The number of aliphatic hydroxyl groups is 5. The molecule has 1 aliphatic heterocycles. The smallest absolute Gasteiger partial charge is 0.220 e. The summed E-state index contributed by atoms with van der Waals surface area (Å²) in [7, 11) is 0. The molecular weight excluding hydrogens is 887 g/mol. The molecule has 1 saturated heterocycles. The normalized spacial score (nSPS) is 19.3. The van der Waals surface area contributed by atoms with Gasteiger partial charge < -0.3 is 40.3 Å². The molecular formula is C62H119NO8. The van der Waals surface area contributed by atoms with Gasteiger partial charge in [0, 0.05) is 6.42 Å². The van der Waals surface area contributed by atoms with Gasteiger partial charge in [0.1, 0.15) is 24.4 Å². The fraction of sp³-hybridized carbons (Fsp3) is 0.919. The van der Waals surface area contributed by atoms with Crippen molar-refractivity contribution in [1.29, 1.82) is 0 Å². The summed E-state index contributed by atoms with van der Waals surface area (Å²) < 4.78 is 11.2. The van der Waals surface area contributed by atoms with Crippen molar-refractivity contribution in [3.8, 4) is 0 Å². The van der Waals surface area contributed by atoms with Gasteiger partial charge >= 0.3 is 0 Å². The maximum atomic E-state index is 13.0. The van der Waals surface area contributed by atoms with Crippen LogP contribution in [0.4, 0.5) is 0 Å². The second kappa shape index (κ2) is 52.1. The van der Waals surface area contributed by atoms with E-state index in [0.717, 1.165) is 44.9 Å². The Morgan fingerprint density at radius 1 is 0.465 bits per heavy atom. The second-order valence-electron chi connectivity index (χ2n) is 21.9. The second-order valence-corrected chi connectivity index (χ2v) is 21.9. The third kappa shape index (κ3) is 41.6. The summed E-state index contributed by atoms with van der Waals surface area (Å²) in [4.78, 5) is 13.0. The van der Waals surface area contributed by atoms with Crippen molar-refractivity contribution in [1.82, 2.24) is 5.32 Å². The van der Waals surface area contributed by atoms with Gasteiger partial charge in [-0.05, 0) is 25.7 Å². The summed E-state index contributed by atoms with van der Waals surface area (Å²) in [5.74, 6) is -0.185. The number of carbonyl (C=O) groups excluding carboxylic acids is 1. The summed E-state index contributed by atoms with van der Waals surface area (Å²) in [6.07, 6.45) is 60.5. The quantitative estimate of drug-likeness (QED) is 0.0261. The molecule has 0 aliphatic carbocycles. The summed E-state index contributed by atoms with van der Waals surface area (Å²) >= 11 is 0. The molecule has 71 heavy (non-hydrogen) atoms. The van der Waals surface area contributed by atoms with Crippen molar-refractivity contribution in [2.75, 3.05) is 13.2 Å². The van der Waals surface area contributed by atoms with Gasteiger partial charge in [0.2, 0.25) is 5.91 Å². The van der Waals surface area contributed by atoms with E-state index in [1.165, 1.54) is 244 Å². The first-order chi connectivity index (χ1) is 34.8. The molecule has 1 fully saturated rings. The molecule has 7 unspecified atom stereocenters. The average molecular weight is 1010 g/mol. The first-order valence-electron chi connectivity index (χ1n) is 31.1. The Balaban J connectivity index is 1.94. The number of amides is 1. The minimum absolute atomic E-state index is 0.185.